The van der Waals surface area contributed by atoms with Crippen LogP contribution in [-0.4, -0.2) is 28.2 Å². The second kappa shape index (κ2) is 4.02. The number of nitrogens with zero attached hydrogens (tertiary/aromatic N) is 2. The van der Waals surface area contributed by atoms with Crippen LogP contribution in [0.15, 0.2) is 18.6 Å². The summed E-state index contributed by atoms with van der Waals surface area (Å²) in [7, 11) is 0. The number of aliphatic hydroxyl groups excluding tert-OH is 1. The minimum absolute atomic E-state index is 0.169. The molecule has 0 unspecified atom stereocenters. The van der Waals surface area contributed by atoms with Gasteiger partial charge in [0.2, 0.25) is 0 Å². The summed E-state index contributed by atoms with van der Waals surface area (Å²) in [5.41, 5.74) is 1.11. The monoisotopic (exact) mass is 193 g/mol. The number of aromatic nitrogens is 2. The Kier molecular flexibility index (Phi) is 2.74. The number of rotatable bonds is 5. The Balaban J connectivity index is 1.73. The van der Waals surface area contributed by atoms with Crippen LogP contribution in [0, 0.1) is 5.41 Å². The SMILES string of the molecule is OCC1(CNCc2cnccn2)CC1. The van der Waals surface area contributed by atoms with Gasteiger partial charge in [0.05, 0.1) is 5.69 Å². The van der Waals surface area contributed by atoms with Crippen molar-refractivity contribution in [1.29, 1.82) is 0 Å². The Bertz CT molecular complexity index is 285. The van der Waals surface area contributed by atoms with E-state index in [1.807, 2.05) is 0 Å². The van der Waals surface area contributed by atoms with Crippen molar-refractivity contribution in [1.82, 2.24) is 15.3 Å². The van der Waals surface area contributed by atoms with Crippen LogP contribution in [0.4, 0.5) is 0 Å². The summed E-state index contributed by atoms with van der Waals surface area (Å²) in [6.45, 7) is 1.90. The molecular weight excluding hydrogens is 178 g/mol. The second-order valence-electron chi connectivity index (χ2n) is 3.96. The van der Waals surface area contributed by atoms with Gasteiger partial charge >= 0.3 is 0 Å². The highest BCUT2D eigenvalue weighted by Crippen LogP contribution is 2.44. The fourth-order valence-corrected chi connectivity index (χ4v) is 1.44. The molecule has 0 radical (unpaired) electrons. The van der Waals surface area contributed by atoms with Crippen molar-refractivity contribution >= 4 is 0 Å². The third-order valence-corrected chi connectivity index (χ3v) is 2.72. The molecule has 1 heterocycles. The lowest BCUT2D eigenvalue weighted by Crippen LogP contribution is -2.26. The maximum Gasteiger partial charge on any atom is 0.0724 e. The minimum Gasteiger partial charge on any atom is -0.396 e. The zero-order valence-corrected chi connectivity index (χ0v) is 8.11. The lowest BCUT2D eigenvalue weighted by molar-refractivity contribution is 0.207. The molecule has 0 amide bonds. The zero-order chi connectivity index (χ0) is 9.86. The fourth-order valence-electron chi connectivity index (χ4n) is 1.44. The summed E-state index contributed by atoms with van der Waals surface area (Å²) in [5.74, 6) is 0. The number of hydrogen-bond donors (Lipinski definition) is 2. The van der Waals surface area contributed by atoms with E-state index in [2.05, 4.69) is 15.3 Å². The van der Waals surface area contributed by atoms with Crippen LogP contribution < -0.4 is 5.32 Å². The predicted molar refractivity (Wildman–Crippen MR) is 52.5 cm³/mol. The summed E-state index contributed by atoms with van der Waals surface area (Å²) >= 11 is 0. The molecule has 4 heteroatoms. The molecule has 0 saturated heterocycles. The van der Waals surface area contributed by atoms with E-state index in [9.17, 15) is 0 Å². The third-order valence-electron chi connectivity index (χ3n) is 2.72. The van der Waals surface area contributed by atoms with Crippen LogP contribution in [0.2, 0.25) is 0 Å². The van der Waals surface area contributed by atoms with Crippen LogP contribution in [0.25, 0.3) is 0 Å². The second-order valence-corrected chi connectivity index (χ2v) is 3.96. The van der Waals surface area contributed by atoms with E-state index in [1.165, 1.54) is 0 Å². The molecule has 1 fully saturated rings. The highest BCUT2D eigenvalue weighted by atomic mass is 16.3. The first-order valence-corrected chi connectivity index (χ1v) is 4.91. The average Bonchev–Trinajstić information content (AvgIpc) is 3.00. The molecule has 2 rings (SSSR count). The first-order chi connectivity index (χ1) is 6.85. The van der Waals surface area contributed by atoms with Crippen LogP contribution in [0.1, 0.15) is 18.5 Å². The molecular formula is C10H15N3O. The maximum atomic E-state index is 9.09. The number of nitrogens with one attached hydrogen (secondary N) is 1. The molecule has 0 atom stereocenters. The van der Waals surface area contributed by atoms with E-state index in [4.69, 9.17) is 5.11 Å². The molecule has 1 aliphatic rings. The quantitative estimate of drug-likeness (QED) is 0.708. The molecule has 0 spiro atoms. The Morgan fingerprint density at radius 2 is 2.29 bits per heavy atom. The first-order valence-electron chi connectivity index (χ1n) is 4.91. The van der Waals surface area contributed by atoms with E-state index in [0.717, 1.165) is 31.6 Å². The number of hydrogen-bond acceptors (Lipinski definition) is 4. The van der Waals surface area contributed by atoms with E-state index in [0.29, 0.717) is 6.61 Å². The van der Waals surface area contributed by atoms with Gasteiger partial charge in [0, 0.05) is 43.7 Å². The van der Waals surface area contributed by atoms with Crippen molar-refractivity contribution < 1.29 is 5.11 Å². The van der Waals surface area contributed by atoms with Gasteiger partial charge in [-0.3, -0.25) is 9.97 Å². The molecule has 1 aromatic rings. The Hall–Kier alpha value is -1.00. The lowest BCUT2D eigenvalue weighted by atomic mass is 10.1. The predicted octanol–water partition coefficient (Wildman–Crippen LogP) is 0.339. The standard InChI is InChI=1S/C10H15N3O/c14-8-10(1-2-10)7-12-6-9-5-11-3-4-13-9/h3-5,12,14H,1-2,6-8H2. The topological polar surface area (TPSA) is 58.0 Å². The van der Waals surface area contributed by atoms with Crippen molar-refractivity contribution in [2.24, 2.45) is 5.41 Å². The number of aliphatic hydroxyl groups is 1. The van der Waals surface area contributed by atoms with Crippen molar-refractivity contribution in [3.63, 3.8) is 0 Å². The maximum absolute atomic E-state index is 9.09. The van der Waals surface area contributed by atoms with Crippen molar-refractivity contribution in [2.45, 2.75) is 19.4 Å². The van der Waals surface area contributed by atoms with Gasteiger partial charge in [-0.2, -0.15) is 0 Å². The molecule has 2 N–H and O–H groups in total. The largest absolute Gasteiger partial charge is 0.396 e. The van der Waals surface area contributed by atoms with Crippen molar-refractivity contribution in [3.8, 4) is 0 Å². The third kappa shape index (κ3) is 2.27. The molecule has 0 aliphatic heterocycles. The van der Waals surface area contributed by atoms with E-state index in [-0.39, 0.29) is 5.41 Å². The molecule has 1 aromatic heterocycles. The van der Waals surface area contributed by atoms with Gasteiger partial charge in [-0.25, -0.2) is 0 Å². The molecule has 14 heavy (non-hydrogen) atoms. The van der Waals surface area contributed by atoms with Crippen molar-refractivity contribution in [3.05, 3.63) is 24.3 Å². The molecule has 1 saturated carbocycles. The van der Waals surface area contributed by atoms with Crippen LogP contribution in [-0.2, 0) is 6.54 Å². The van der Waals surface area contributed by atoms with Gasteiger partial charge in [-0.15, -0.1) is 0 Å². The van der Waals surface area contributed by atoms with Gasteiger partial charge in [0.25, 0.3) is 0 Å². The average molecular weight is 193 g/mol. The van der Waals surface area contributed by atoms with Gasteiger partial charge in [0.15, 0.2) is 0 Å². The van der Waals surface area contributed by atoms with Gasteiger partial charge in [-0.05, 0) is 12.8 Å². The van der Waals surface area contributed by atoms with E-state index in [1.54, 1.807) is 18.6 Å². The highest BCUT2D eigenvalue weighted by molar-refractivity contribution is 4.97. The minimum atomic E-state index is 0.169. The summed E-state index contributed by atoms with van der Waals surface area (Å²) < 4.78 is 0. The Labute approximate surface area is 83.4 Å². The summed E-state index contributed by atoms with van der Waals surface area (Å²) in [6, 6.07) is 0. The van der Waals surface area contributed by atoms with Crippen molar-refractivity contribution in [2.75, 3.05) is 13.2 Å². The summed E-state index contributed by atoms with van der Waals surface area (Å²) in [6.07, 6.45) is 7.38. The first kappa shape index (κ1) is 9.55. The Morgan fingerprint density at radius 3 is 2.86 bits per heavy atom. The van der Waals surface area contributed by atoms with Crippen LogP contribution >= 0.6 is 0 Å². The normalized spacial score (nSPS) is 18.1. The smallest absolute Gasteiger partial charge is 0.0724 e. The summed E-state index contributed by atoms with van der Waals surface area (Å²) in [5, 5.41) is 12.4. The molecule has 0 aromatic carbocycles. The van der Waals surface area contributed by atoms with E-state index < -0.39 is 0 Å². The van der Waals surface area contributed by atoms with Crippen LogP contribution in [0.5, 0.6) is 0 Å². The molecule has 1 aliphatic carbocycles. The fraction of sp³-hybridized carbons (Fsp3) is 0.600. The zero-order valence-electron chi connectivity index (χ0n) is 8.11. The van der Waals surface area contributed by atoms with Gasteiger partial charge < -0.3 is 10.4 Å². The molecule has 76 valence electrons. The van der Waals surface area contributed by atoms with Gasteiger partial charge in [-0.1, -0.05) is 0 Å². The van der Waals surface area contributed by atoms with Crippen LogP contribution in [0.3, 0.4) is 0 Å². The van der Waals surface area contributed by atoms with Gasteiger partial charge in [0.1, 0.15) is 0 Å². The van der Waals surface area contributed by atoms with E-state index >= 15 is 0 Å². The lowest BCUT2D eigenvalue weighted by Gasteiger charge is -2.11. The molecule has 0 bridgehead atoms. The summed E-state index contributed by atoms with van der Waals surface area (Å²) in [4.78, 5) is 8.14. The molecule has 4 nitrogen and oxygen atoms in total. The Morgan fingerprint density at radius 1 is 1.43 bits per heavy atom. The highest BCUT2D eigenvalue weighted by Gasteiger charge is 2.41.